The first-order valence-electron chi connectivity index (χ1n) is 7.11. The lowest BCUT2D eigenvalue weighted by Crippen LogP contribution is -2.30. The molecule has 2 aromatic rings. The summed E-state index contributed by atoms with van der Waals surface area (Å²) < 4.78 is 0. The van der Waals surface area contributed by atoms with E-state index in [0.29, 0.717) is 16.6 Å². The molecule has 5 heteroatoms. The van der Waals surface area contributed by atoms with Gasteiger partial charge in [0, 0.05) is 6.04 Å². The van der Waals surface area contributed by atoms with Gasteiger partial charge in [-0.25, -0.2) is 0 Å². The van der Waals surface area contributed by atoms with Crippen molar-refractivity contribution in [1.82, 2.24) is 10.2 Å². The lowest BCUT2D eigenvalue weighted by molar-refractivity contribution is -0.118. The van der Waals surface area contributed by atoms with E-state index >= 15 is 0 Å². The van der Waals surface area contributed by atoms with E-state index < -0.39 is 0 Å². The van der Waals surface area contributed by atoms with E-state index in [1.807, 2.05) is 30.3 Å². The van der Waals surface area contributed by atoms with Gasteiger partial charge in [0.15, 0.2) is 0 Å². The van der Waals surface area contributed by atoms with Crippen molar-refractivity contribution >= 4 is 29.1 Å². The third-order valence-electron chi connectivity index (χ3n) is 3.99. The molecule has 2 atom stereocenters. The molecule has 22 heavy (non-hydrogen) atoms. The highest BCUT2D eigenvalue weighted by Gasteiger charge is 2.34. The molecule has 0 radical (unpaired) electrons. The van der Waals surface area contributed by atoms with Crippen molar-refractivity contribution in [3.05, 3.63) is 69.7 Å². The molecule has 0 bridgehead atoms. The first-order valence-corrected chi connectivity index (χ1v) is 7.87. The summed E-state index contributed by atoms with van der Waals surface area (Å²) in [6.45, 7) is 2.46. The highest BCUT2D eigenvalue weighted by Crippen LogP contribution is 2.34. The van der Waals surface area contributed by atoms with Gasteiger partial charge in [0.1, 0.15) is 6.17 Å². The number of carbonyl (C=O) groups excluding carboxylic acids is 1. The Bertz CT molecular complexity index is 690. The Morgan fingerprint density at radius 1 is 1.14 bits per heavy atom. The molecule has 1 amide bonds. The van der Waals surface area contributed by atoms with Crippen molar-refractivity contribution in [1.29, 1.82) is 0 Å². The van der Waals surface area contributed by atoms with Crippen LogP contribution in [-0.4, -0.2) is 17.4 Å². The van der Waals surface area contributed by atoms with Crippen molar-refractivity contribution in [3.8, 4) is 0 Å². The standard InChI is InChI=1S/C17H16Cl2N2O/c1-11(12-5-3-2-4-6-12)21-10-16(22)20-17(21)13-7-8-14(18)15(19)9-13/h2-9,11,17H,10H2,1H3,(H,20,22)/t11?,17-/m1/s1. The molecule has 1 unspecified atom stereocenters. The van der Waals surface area contributed by atoms with Gasteiger partial charge < -0.3 is 5.32 Å². The van der Waals surface area contributed by atoms with Crippen molar-refractivity contribution in [2.45, 2.75) is 19.1 Å². The summed E-state index contributed by atoms with van der Waals surface area (Å²) in [5, 5.41) is 4.01. The van der Waals surface area contributed by atoms with E-state index in [9.17, 15) is 4.79 Å². The Hall–Kier alpha value is -1.55. The van der Waals surface area contributed by atoms with Gasteiger partial charge in [-0.15, -0.1) is 0 Å². The van der Waals surface area contributed by atoms with E-state index in [0.717, 1.165) is 5.56 Å². The topological polar surface area (TPSA) is 32.3 Å². The molecule has 1 N–H and O–H groups in total. The fraction of sp³-hybridized carbons (Fsp3) is 0.235. The largest absolute Gasteiger partial charge is 0.335 e. The third-order valence-corrected chi connectivity index (χ3v) is 4.73. The number of amides is 1. The zero-order valence-corrected chi connectivity index (χ0v) is 13.6. The Kier molecular flexibility index (Phi) is 4.39. The van der Waals surface area contributed by atoms with Crippen molar-refractivity contribution in [2.24, 2.45) is 0 Å². The maximum absolute atomic E-state index is 11.9. The van der Waals surface area contributed by atoms with Crippen molar-refractivity contribution in [2.75, 3.05) is 6.54 Å². The van der Waals surface area contributed by atoms with Crippen LogP contribution in [0.15, 0.2) is 48.5 Å². The molecule has 1 aliphatic heterocycles. The van der Waals surface area contributed by atoms with Crippen LogP contribution in [0.4, 0.5) is 0 Å². The maximum atomic E-state index is 11.9. The maximum Gasteiger partial charge on any atom is 0.235 e. The number of nitrogens with zero attached hydrogens (tertiary/aromatic N) is 1. The zero-order valence-electron chi connectivity index (χ0n) is 12.1. The highest BCUT2D eigenvalue weighted by atomic mass is 35.5. The van der Waals surface area contributed by atoms with Gasteiger partial charge in [-0.3, -0.25) is 9.69 Å². The Morgan fingerprint density at radius 2 is 1.86 bits per heavy atom. The molecule has 3 rings (SSSR count). The van der Waals surface area contributed by atoms with Gasteiger partial charge in [0.25, 0.3) is 0 Å². The van der Waals surface area contributed by atoms with Gasteiger partial charge in [-0.2, -0.15) is 0 Å². The van der Waals surface area contributed by atoms with Gasteiger partial charge in [0.05, 0.1) is 16.6 Å². The van der Waals surface area contributed by atoms with Gasteiger partial charge in [-0.05, 0) is 30.2 Å². The monoisotopic (exact) mass is 334 g/mol. The molecule has 0 aliphatic carbocycles. The lowest BCUT2D eigenvalue weighted by Gasteiger charge is -2.30. The molecular formula is C17H16Cl2N2O. The number of hydrogen-bond acceptors (Lipinski definition) is 2. The fourth-order valence-corrected chi connectivity index (χ4v) is 3.09. The number of carbonyl (C=O) groups is 1. The Labute approximate surface area is 139 Å². The van der Waals surface area contributed by atoms with Crippen LogP contribution in [0.25, 0.3) is 0 Å². The van der Waals surface area contributed by atoms with E-state index in [4.69, 9.17) is 23.2 Å². The molecule has 114 valence electrons. The summed E-state index contributed by atoms with van der Waals surface area (Å²) in [6, 6.07) is 15.7. The summed E-state index contributed by atoms with van der Waals surface area (Å²) >= 11 is 12.1. The van der Waals surface area contributed by atoms with Gasteiger partial charge in [-0.1, -0.05) is 59.6 Å². The van der Waals surface area contributed by atoms with Crippen LogP contribution in [0.2, 0.25) is 10.0 Å². The van der Waals surface area contributed by atoms with Crippen LogP contribution in [-0.2, 0) is 4.79 Å². The minimum atomic E-state index is -0.197. The number of halogens is 2. The van der Waals surface area contributed by atoms with Crippen LogP contribution in [0.3, 0.4) is 0 Å². The summed E-state index contributed by atoms with van der Waals surface area (Å²) in [5.41, 5.74) is 2.10. The van der Waals surface area contributed by atoms with Crippen LogP contribution >= 0.6 is 23.2 Å². The molecule has 0 spiro atoms. The van der Waals surface area contributed by atoms with Gasteiger partial charge in [0.2, 0.25) is 5.91 Å². The second kappa shape index (κ2) is 6.29. The van der Waals surface area contributed by atoms with Gasteiger partial charge >= 0.3 is 0 Å². The van der Waals surface area contributed by atoms with Crippen LogP contribution < -0.4 is 5.32 Å². The number of nitrogens with one attached hydrogen (secondary N) is 1. The van der Waals surface area contributed by atoms with Crippen molar-refractivity contribution < 1.29 is 4.79 Å². The van der Waals surface area contributed by atoms with E-state index in [2.05, 4.69) is 29.3 Å². The first kappa shape index (κ1) is 15.3. The third kappa shape index (κ3) is 2.98. The molecule has 1 saturated heterocycles. The highest BCUT2D eigenvalue weighted by molar-refractivity contribution is 6.42. The van der Waals surface area contributed by atoms with E-state index in [1.54, 1.807) is 6.07 Å². The number of hydrogen-bond donors (Lipinski definition) is 1. The smallest absolute Gasteiger partial charge is 0.235 e. The van der Waals surface area contributed by atoms with Crippen LogP contribution in [0, 0.1) is 0 Å². The molecule has 1 aliphatic rings. The SMILES string of the molecule is CC(c1ccccc1)N1CC(=O)N[C@H]1c1ccc(Cl)c(Cl)c1. The molecule has 2 aromatic carbocycles. The quantitative estimate of drug-likeness (QED) is 0.912. The summed E-state index contributed by atoms with van der Waals surface area (Å²) in [7, 11) is 0. The average molecular weight is 335 g/mol. The average Bonchev–Trinajstić information content (AvgIpc) is 2.92. The predicted molar refractivity (Wildman–Crippen MR) is 88.9 cm³/mol. The lowest BCUT2D eigenvalue weighted by atomic mass is 10.1. The fourth-order valence-electron chi connectivity index (χ4n) is 2.78. The van der Waals surface area contributed by atoms with Crippen LogP contribution in [0.5, 0.6) is 0 Å². The van der Waals surface area contributed by atoms with E-state index in [1.165, 1.54) is 5.56 Å². The zero-order chi connectivity index (χ0) is 15.7. The number of rotatable bonds is 3. The van der Waals surface area contributed by atoms with E-state index in [-0.39, 0.29) is 18.1 Å². The normalized spacial score (nSPS) is 20.0. The summed E-state index contributed by atoms with van der Waals surface area (Å²) in [4.78, 5) is 14.0. The first-order chi connectivity index (χ1) is 10.6. The molecule has 0 saturated carbocycles. The summed E-state index contributed by atoms with van der Waals surface area (Å²) in [5.74, 6) is 0.0128. The van der Waals surface area contributed by atoms with Crippen LogP contribution in [0.1, 0.15) is 30.3 Å². The predicted octanol–water partition coefficient (Wildman–Crippen LogP) is 4.19. The molecule has 0 aromatic heterocycles. The van der Waals surface area contributed by atoms with Crippen molar-refractivity contribution in [3.63, 3.8) is 0 Å². The minimum absolute atomic E-state index is 0.0128. The molecular weight excluding hydrogens is 319 g/mol. The second-order valence-corrected chi connectivity index (χ2v) is 6.22. The molecule has 3 nitrogen and oxygen atoms in total. The Balaban J connectivity index is 1.92. The minimum Gasteiger partial charge on any atom is -0.335 e. The summed E-state index contributed by atoms with van der Waals surface area (Å²) in [6.07, 6.45) is -0.197. The number of benzene rings is 2. The Morgan fingerprint density at radius 3 is 2.55 bits per heavy atom. The second-order valence-electron chi connectivity index (χ2n) is 5.40. The molecule has 1 fully saturated rings. The molecule has 1 heterocycles.